The number of benzene rings is 1. The van der Waals surface area contributed by atoms with Crippen molar-refractivity contribution < 1.29 is 23.2 Å². The van der Waals surface area contributed by atoms with E-state index < -0.39 is 47.1 Å². The average Bonchev–Trinajstić information content (AvgIpc) is 3.32. The molecule has 1 aliphatic heterocycles. The van der Waals surface area contributed by atoms with E-state index in [-0.39, 0.29) is 48.5 Å². The third-order valence-corrected chi connectivity index (χ3v) is 7.88. The van der Waals surface area contributed by atoms with Crippen LogP contribution in [0.25, 0.3) is 0 Å². The molecular formula is C31H29F2N5O3. The molecular weight excluding hydrogens is 528 g/mol. The van der Waals surface area contributed by atoms with E-state index in [4.69, 9.17) is 0 Å². The molecule has 5 rings (SSSR count). The normalized spacial score (nSPS) is 23.3. The molecule has 210 valence electrons. The number of Topliss-reactive ketones (excluding diaryl/α,β-unsaturated/α-hetero) is 1. The predicted molar refractivity (Wildman–Crippen MR) is 146 cm³/mol. The third-order valence-electron chi connectivity index (χ3n) is 7.88. The number of ketones is 1. The average molecular weight is 558 g/mol. The molecule has 0 spiro atoms. The fraction of sp³-hybridized carbons (Fsp3) is 0.355. The van der Waals surface area contributed by atoms with Crippen LogP contribution in [0.5, 0.6) is 0 Å². The zero-order chi connectivity index (χ0) is 29.3. The van der Waals surface area contributed by atoms with Crippen LogP contribution in [0.4, 0.5) is 14.6 Å². The van der Waals surface area contributed by atoms with Crippen LogP contribution in [0.15, 0.2) is 61.1 Å². The fourth-order valence-corrected chi connectivity index (χ4v) is 5.96. The summed E-state index contributed by atoms with van der Waals surface area (Å²) in [6.45, 7) is 3.28. The first kappa shape index (κ1) is 28.0. The number of alkyl halides is 1. The molecule has 10 heteroatoms. The Hall–Kier alpha value is -4.52. The highest BCUT2D eigenvalue weighted by molar-refractivity contribution is 6.07. The van der Waals surface area contributed by atoms with Crippen LogP contribution in [0, 0.1) is 24.1 Å². The van der Waals surface area contributed by atoms with Gasteiger partial charge in [0.2, 0.25) is 11.8 Å². The molecule has 3 atom stereocenters. The van der Waals surface area contributed by atoms with Gasteiger partial charge in [-0.15, -0.1) is 0 Å². The highest BCUT2D eigenvalue weighted by atomic mass is 19.1. The van der Waals surface area contributed by atoms with Gasteiger partial charge in [0.15, 0.2) is 5.78 Å². The lowest BCUT2D eigenvalue weighted by Gasteiger charge is -2.40. The van der Waals surface area contributed by atoms with Crippen molar-refractivity contribution >= 4 is 23.4 Å². The summed E-state index contributed by atoms with van der Waals surface area (Å²) in [6.07, 6.45) is 4.24. The molecule has 1 N–H and O–H groups in total. The summed E-state index contributed by atoms with van der Waals surface area (Å²) >= 11 is 0. The van der Waals surface area contributed by atoms with Crippen molar-refractivity contribution in [1.82, 2.24) is 15.3 Å². The van der Waals surface area contributed by atoms with Gasteiger partial charge in [-0.25, -0.2) is 13.8 Å². The molecule has 1 saturated heterocycles. The monoisotopic (exact) mass is 557 g/mol. The zero-order valence-corrected chi connectivity index (χ0v) is 22.7. The predicted octanol–water partition coefficient (Wildman–Crippen LogP) is 4.43. The Morgan fingerprint density at radius 1 is 1.17 bits per heavy atom. The molecule has 2 aromatic heterocycles. The Bertz CT molecular complexity index is 1540. The van der Waals surface area contributed by atoms with Crippen molar-refractivity contribution in [2.24, 2.45) is 0 Å². The highest BCUT2D eigenvalue weighted by Crippen LogP contribution is 2.41. The van der Waals surface area contributed by atoms with Crippen LogP contribution in [0.1, 0.15) is 66.7 Å². The molecule has 1 aromatic carbocycles. The van der Waals surface area contributed by atoms with E-state index in [9.17, 15) is 28.4 Å². The summed E-state index contributed by atoms with van der Waals surface area (Å²) in [5.74, 6) is -4.21. The molecule has 2 aliphatic rings. The van der Waals surface area contributed by atoms with E-state index in [0.717, 1.165) is 11.8 Å². The van der Waals surface area contributed by atoms with Crippen LogP contribution >= 0.6 is 0 Å². The molecule has 1 saturated carbocycles. The van der Waals surface area contributed by atoms with Gasteiger partial charge in [-0.1, -0.05) is 24.3 Å². The minimum absolute atomic E-state index is 0.0569. The number of nitriles is 1. The summed E-state index contributed by atoms with van der Waals surface area (Å²) in [5.41, 5.74) is 0.356. The summed E-state index contributed by atoms with van der Waals surface area (Å²) in [5, 5.41) is 12.3. The van der Waals surface area contributed by atoms with Crippen LogP contribution in [-0.2, 0) is 14.4 Å². The number of anilines is 1. The molecule has 2 fully saturated rings. The first-order chi connectivity index (χ1) is 19.6. The topological polar surface area (TPSA) is 116 Å². The Labute approximate surface area is 236 Å². The number of carbonyl (C=O) groups is 3. The maximum atomic E-state index is 14.6. The standard InChI is InChI=1S/C31H29F2N5O3/c1-18-5-3-4-6-23(18)28(30(41)37-22-13-31(2,33)14-22)27(20-12-21(32)17-35-16-20)29(40)24-7-8-26(39)38(24)25-11-19(15-34)9-10-36-25/h3-6,9-12,16-17,22,24,27-28H,7-8,13-14H2,1-2H3,(H,37,41)/t22?,24-,27?,28+,31?/m0/s1. The molecule has 1 unspecified atom stereocenters. The summed E-state index contributed by atoms with van der Waals surface area (Å²) < 4.78 is 28.8. The summed E-state index contributed by atoms with van der Waals surface area (Å²) in [6, 6.07) is 11.8. The van der Waals surface area contributed by atoms with Crippen molar-refractivity contribution in [1.29, 1.82) is 5.26 Å². The second kappa shape index (κ2) is 11.2. The first-order valence-corrected chi connectivity index (χ1v) is 13.4. The molecule has 3 aromatic rings. The molecule has 0 radical (unpaired) electrons. The third kappa shape index (κ3) is 5.71. The van der Waals surface area contributed by atoms with E-state index in [1.54, 1.807) is 18.2 Å². The van der Waals surface area contributed by atoms with Gasteiger partial charge in [-0.3, -0.25) is 24.3 Å². The highest BCUT2D eigenvalue weighted by Gasteiger charge is 2.47. The van der Waals surface area contributed by atoms with Crippen LogP contribution in [0.2, 0.25) is 0 Å². The molecule has 2 amide bonds. The van der Waals surface area contributed by atoms with Crippen molar-refractivity contribution in [3.8, 4) is 6.07 Å². The number of carbonyl (C=O) groups excluding carboxylic acids is 3. The fourth-order valence-electron chi connectivity index (χ4n) is 5.96. The van der Waals surface area contributed by atoms with Crippen LogP contribution in [-0.4, -0.2) is 45.3 Å². The van der Waals surface area contributed by atoms with Crippen molar-refractivity contribution in [2.75, 3.05) is 4.90 Å². The SMILES string of the molecule is Cc1ccccc1[C@@H](C(=O)NC1CC(C)(F)C1)C(C(=O)[C@@H]1CCC(=O)N1c1cc(C#N)ccn1)c1cncc(F)c1. The number of hydrogen-bond donors (Lipinski definition) is 1. The molecule has 41 heavy (non-hydrogen) atoms. The minimum atomic E-state index is -1.38. The van der Waals surface area contributed by atoms with E-state index in [2.05, 4.69) is 15.3 Å². The van der Waals surface area contributed by atoms with Gasteiger partial charge in [0.05, 0.1) is 35.7 Å². The minimum Gasteiger partial charge on any atom is -0.353 e. The first-order valence-electron chi connectivity index (χ1n) is 13.4. The Morgan fingerprint density at radius 2 is 1.93 bits per heavy atom. The maximum Gasteiger partial charge on any atom is 0.228 e. The summed E-state index contributed by atoms with van der Waals surface area (Å²) in [7, 11) is 0. The van der Waals surface area contributed by atoms with E-state index in [1.165, 1.54) is 42.4 Å². The lowest BCUT2D eigenvalue weighted by atomic mass is 9.74. The largest absolute Gasteiger partial charge is 0.353 e. The number of aryl methyl sites for hydroxylation is 1. The van der Waals surface area contributed by atoms with Crippen LogP contribution in [0.3, 0.4) is 0 Å². The zero-order valence-electron chi connectivity index (χ0n) is 22.7. The molecule has 1 aliphatic carbocycles. The van der Waals surface area contributed by atoms with Crippen LogP contribution < -0.4 is 10.2 Å². The van der Waals surface area contributed by atoms with Gasteiger partial charge < -0.3 is 5.32 Å². The lowest BCUT2D eigenvalue weighted by Crippen LogP contribution is -2.53. The van der Waals surface area contributed by atoms with Gasteiger partial charge >= 0.3 is 0 Å². The van der Waals surface area contributed by atoms with E-state index in [0.29, 0.717) is 5.56 Å². The van der Waals surface area contributed by atoms with Gasteiger partial charge in [0.25, 0.3) is 0 Å². The maximum absolute atomic E-state index is 14.6. The molecule has 8 nitrogen and oxygen atoms in total. The Balaban J connectivity index is 1.61. The number of hydrogen-bond acceptors (Lipinski definition) is 6. The number of pyridine rings is 2. The molecule has 3 heterocycles. The summed E-state index contributed by atoms with van der Waals surface area (Å²) in [4.78, 5) is 51.1. The number of halogens is 2. The smallest absolute Gasteiger partial charge is 0.228 e. The van der Waals surface area contributed by atoms with Crippen molar-refractivity contribution in [3.63, 3.8) is 0 Å². The van der Waals surface area contributed by atoms with Gasteiger partial charge in [0, 0.05) is 37.7 Å². The molecule has 0 bridgehead atoms. The second-order valence-electron chi connectivity index (χ2n) is 11.0. The number of nitrogens with zero attached hydrogens (tertiary/aromatic N) is 4. The van der Waals surface area contributed by atoms with Gasteiger partial charge in [-0.2, -0.15) is 5.26 Å². The second-order valence-corrected chi connectivity index (χ2v) is 11.0. The lowest BCUT2D eigenvalue weighted by molar-refractivity contribution is -0.130. The quantitative estimate of drug-likeness (QED) is 0.438. The number of nitrogens with one attached hydrogen (secondary N) is 1. The Kier molecular flexibility index (Phi) is 7.63. The number of rotatable bonds is 8. The number of amides is 2. The van der Waals surface area contributed by atoms with Gasteiger partial charge in [-0.05, 0) is 55.2 Å². The van der Waals surface area contributed by atoms with E-state index in [1.807, 2.05) is 19.1 Å². The van der Waals surface area contributed by atoms with Gasteiger partial charge in [0.1, 0.15) is 17.3 Å². The van der Waals surface area contributed by atoms with E-state index >= 15 is 0 Å². The van der Waals surface area contributed by atoms with Crippen molar-refractivity contribution in [3.05, 3.63) is 89.1 Å². The number of aromatic nitrogens is 2. The Morgan fingerprint density at radius 3 is 2.61 bits per heavy atom. The van der Waals surface area contributed by atoms with Crippen molar-refractivity contribution in [2.45, 2.75) is 69.1 Å².